The van der Waals surface area contributed by atoms with Gasteiger partial charge in [-0.15, -0.1) is 6.58 Å². The predicted molar refractivity (Wildman–Crippen MR) is 128 cm³/mol. The number of non-ortho nitro benzene ring substituents is 1. The fraction of sp³-hybridized carbons (Fsp3) is 0.100. The third-order valence-corrected chi connectivity index (χ3v) is 5.74. The van der Waals surface area contributed by atoms with Crippen molar-refractivity contribution in [2.75, 3.05) is 6.54 Å². The number of imide groups is 1. The highest BCUT2D eigenvalue weighted by Gasteiger charge is 2.32. The van der Waals surface area contributed by atoms with Crippen molar-refractivity contribution < 1.29 is 19.2 Å². The van der Waals surface area contributed by atoms with Crippen molar-refractivity contribution >= 4 is 68.9 Å². The van der Waals surface area contributed by atoms with Crippen molar-refractivity contribution in [2.45, 2.75) is 6.61 Å². The summed E-state index contributed by atoms with van der Waals surface area (Å²) >= 11 is 4.27. The van der Waals surface area contributed by atoms with Gasteiger partial charge in [-0.3, -0.25) is 19.8 Å². The maximum absolute atomic E-state index is 12.3. The molecule has 2 aromatic rings. The summed E-state index contributed by atoms with van der Waals surface area (Å²) in [5.74, 6) is 0.273. The number of amides is 3. The van der Waals surface area contributed by atoms with E-state index in [9.17, 15) is 19.7 Å². The Hall–Kier alpha value is -2.48. The largest absolute Gasteiger partial charge is 0.487 e. The van der Waals surface area contributed by atoms with Crippen LogP contribution in [0.5, 0.6) is 5.75 Å². The van der Waals surface area contributed by atoms with E-state index >= 15 is 0 Å². The van der Waals surface area contributed by atoms with Crippen molar-refractivity contribution in [3.63, 3.8) is 0 Å². The summed E-state index contributed by atoms with van der Waals surface area (Å²) in [4.78, 5) is 35.6. The van der Waals surface area contributed by atoms with Crippen LogP contribution in [-0.2, 0) is 11.4 Å². The van der Waals surface area contributed by atoms with Crippen molar-refractivity contribution in [2.24, 2.45) is 0 Å². The highest BCUT2D eigenvalue weighted by molar-refractivity contribution is 14.1. The topological polar surface area (TPSA) is 102 Å². The molecule has 10 heteroatoms. The van der Waals surface area contributed by atoms with E-state index in [1.165, 1.54) is 18.2 Å². The molecule has 0 spiro atoms. The standard InChI is InChI=1S/C20H15I2N3O5/c1-2-7-24-19(26)17(23-20(24)27)10-13-8-15(21)18(16(22)9-13)30-11-12-3-5-14(6-4-12)25(28)29/h2-6,8-10H,1,7,11H2,(H,23,27)/b17-10+. The molecular weight excluding hydrogens is 616 g/mol. The molecule has 0 aromatic heterocycles. The van der Waals surface area contributed by atoms with E-state index in [0.717, 1.165) is 23.2 Å². The Bertz CT molecular complexity index is 1040. The normalized spacial score (nSPS) is 14.7. The van der Waals surface area contributed by atoms with Crippen LogP contribution >= 0.6 is 45.2 Å². The van der Waals surface area contributed by atoms with Crippen LogP contribution in [-0.4, -0.2) is 28.3 Å². The highest BCUT2D eigenvalue weighted by Crippen LogP contribution is 2.31. The third kappa shape index (κ3) is 4.98. The molecule has 0 saturated carbocycles. The van der Waals surface area contributed by atoms with Gasteiger partial charge < -0.3 is 10.1 Å². The van der Waals surface area contributed by atoms with Gasteiger partial charge in [0, 0.05) is 18.7 Å². The number of carbonyl (C=O) groups is 2. The summed E-state index contributed by atoms with van der Waals surface area (Å²) < 4.78 is 7.56. The molecule has 0 radical (unpaired) electrons. The van der Waals surface area contributed by atoms with E-state index in [1.807, 2.05) is 12.1 Å². The van der Waals surface area contributed by atoms with E-state index < -0.39 is 16.9 Å². The highest BCUT2D eigenvalue weighted by atomic mass is 127. The zero-order valence-electron chi connectivity index (χ0n) is 15.4. The lowest BCUT2D eigenvalue weighted by molar-refractivity contribution is -0.384. The lowest BCUT2D eigenvalue weighted by Crippen LogP contribution is -2.30. The SMILES string of the molecule is C=CCN1C(=O)N/C(=C/c2cc(I)c(OCc3ccc([N+](=O)[O-])cc3)c(I)c2)C1=O. The maximum atomic E-state index is 12.3. The van der Waals surface area contributed by atoms with Gasteiger partial charge >= 0.3 is 6.03 Å². The summed E-state index contributed by atoms with van der Waals surface area (Å²) in [6, 6.07) is 9.39. The molecule has 1 aliphatic rings. The van der Waals surface area contributed by atoms with Gasteiger partial charge in [0.15, 0.2) is 0 Å². The number of benzene rings is 2. The summed E-state index contributed by atoms with van der Waals surface area (Å²) in [6.07, 6.45) is 3.11. The minimum absolute atomic E-state index is 0.0282. The van der Waals surface area contributed by atoms with Gasteiger partial charge in [-0.25, -0.2) is 4.79 Å². The van der Waals surface area contributed by atoms with Crippen molar-refractivity contribution in [3.05, 3.63) is 83.1 Å². The molecule has 1 heterocycles. The number of hydrogen-bond acceptors (Lipinski definition) is 5. The Kier molecular flexibility index (Phi) is 7.07. The van der Waals surface area contributed by atoms with Crippen LogP contribution in [0, 0.1) is 17.3 Å². The number of urea groups is 1. The van der Waals surface area contributed by atoms with Crippen LogP contribution in [0.4, 0.5) is 10.5 Å². The third-order valence-electron chi connectivity index (χ3n) is 4.14. The Morgan fingerprint density at radius 3 is 2.37 bits per heavy atom. The van der Waals surface area contributed by atoms with Gasteiger partial charge in [-0.05, 0) is 86.7 Å². The van der Waals surface area contributed by atoms with Crippen LogP contribution < -0.4 is 10.1 Å². The first kappa shape index (κ1) is 22.2. The van der Waals surface area contributed by atoms with Gasteiger partial charge in [-0.1, -0.05) is 6.08 Å². The van der Waals surface area contributed by atoms with E-state index in [0.29, 0.717) is 5.75 Å². The summed E-state index contributed by atoms with van der Waals surface area (Å²) in [5, 5.41) is 13.3. The van der Waals surface area contributed by atoms with Crippen LogP contribution in [0.3, 0.4) is 0 Å². The number of hydrogen-bond donors (Lipinski definition) is 1. The molecular formula is C20H15I2N3O5. The number of carbonyl (C=O) groups excluding carboxylic acids is 2. The average molecular weight is 631 g/mol. The van der Waals surface area contributed by atoms with Crippen LogP contribution in [0.25, 0.3) is 6.08 Å². The summed E-state index contributed by atoms with van der Waals surface area (Å²) in [7, 11) is 0. The first-order valence-corrected chi connectivity index (χ1v) is 10.8. The smallest absolute Gasteiger partial charge is 0.329 e. The first-order chi connectivity index (χ1) is 14.3. The molecule has 0 atom stereocenters. The lowest BCUT2D eigenvalue weighted by Gasteiger charge is -2.12. The molecule has 0 bridgehead atoms. The van der Waals surface area contributed by atoms with Crippen LogP contribution in [0.15, 0.2) is 54.8 Å². The number of nitro benzene ring substituents is 1. The van der Waals surface area contributed by atoms with E-state index in [-0.39, 0.29) is 24.5 Å². The Labute approximate surface area is 199 Å². The van der Waals surface area contributed by atoms with E-state index in [2.05, 4.69) is 57.1 Å². The van der Waals surface area contributed by atoms with Crippen molar-refractivity contribution in [3.8, 4) is 5.75 Å². The summed E-state index contributed by atoms with van der Waals surface area (Å²) in [6.45, 7) is 3.95. The molecule has 3 amide bonds. The molecule has 30 heavy (non-hydrogen) atoms. The van der Waals surface area contributed by atoms with Gasteiger partial charge in [0.2, 0.25) is 0 Å². The molecule has 2 aromatic carbocycles. The molecule has 0 aliphatic carbocycles. The second-order valence-electron chi connectivity index (χ2n) is 6.22. The number of ether oxygens (including phenoxy) is 1. The first-order valence-electron chi connectivity index (χ1n) is 8.60. The second-order valence-corrected chi connectivity index (χ2v) is 8.54. The lowest BCUT2D eigenvalue weighted by atomic mass is 10.2. The minimum Gasteiger partial charge on any atom is -0.487 e. The zero-order valence-corrected chi connectivity index (χ0v) is 19.7. The van der Waals surface area contributed by atoms with E-state index in [1.54, 1.807) is 18.2 Å². The quantitative estimate of drug-likeness (QED) is 0.122. The molecule has 1 aliphatic heterocycles. The molecule has 154 valence electrons. The number of nitro groups is 1. The number of halogens is 2. The van der Waals surface area contributed by atoms with Crippen molar-refractivity contribution in [1.82, 2.24) is 10.2 Å². The fourth-order valence-corrected chi connectivity index (χ4v) is 4.83. The molecule has 1 fully saturated rings. The van der Waals surface area contributed by atoms with Gasteiger partial charge in [0.05, 0.1) is 12.1 Å². The molecule has 0 unspecified atom stereocenters. The van der Waals surface area contributed by atoms with Gasteiger partial charge in [-0.2, -0.15) is 0 Å². The molecule has 3 rings (SSSR count). The minimum atomic E-state index is -0.474. The maximum Gasteiger partial charge on any atom is 0.329 e. The Morgan fingerprint density at radius 1 is 1.17 bits per heavy atom. The average Bonchev–Trinajstić information content (AvgIpc) is 2.95. The Morgan fingerprint density at radius 2 is 1.80 bits per heavy atom. The fourth-order valence-electron chi connectivity index (χ4n) is 2.70. The monoisotopic (exact) mass is 631 g/mol. The number of nitrogens with one attached hydrogen (secondary N) is 1. The zero-order chi connectivity index (χ0) is 21.8. The second kappa shape index (κ2) is 9.55. The van der Waals surface area contributed by atoms with Gasteiger partial charge in [0.25, 0.3) is 11.6 Å². The number of rotatable bonds is 7. The molecule has 1 saturated heterocycles. The van der Waals surface area contributed by atoms with Crippen molar-refractivity contribution in [1.29, 1.82) is 0 Å². The van der Waals surface area contributed by atoms with Crippen LogP contribution in [0.1, 0.15) is 11.1 Å². The predicted octanol–water partition coefficient (Wildman–Crippen LogP) is 4.46. The molecule has 1 N–H and O–H groups in total. The van der Waals surface area contributed by atoms with E-state index in [4.69, 9.17) is 4.74 Å². The number of nitrogens with zero attached hydrogens (tertiary/aromatic N) is 2. The summed E-state index contributed by atoms with van der Waals surface area (Å²) in [5.41, 5.74) is 1.78. The van der Waals surface area contributed by atoms with Gasteiger partial charge in [0.1, 0.15) is 18.1 Å². The Balaban J connectivity index is 1.75. The molecule has 8 nitrogen and oxygen atoms in total. The van der Waals surface area contributed by atoms with Crippen LogP contribution in [0.2, 0.25) is 0 Å².